The zero-order valence-corrected chi connectivity index (χ0v) is 10.2. The minimum Gasteiger partial charge on any atom is -0.418 e. The first-order chi connectivity index (χ1) is 9.13. The van der Waals surface area contributed by atoms with Crippen LogP contribution in [0.25, 0.3) is 22.7 Å². The van der Waals surface area contributed by atoms with Crippen molar-refractivity contribution < 1.29 is 9.34 Å². The molecule has 6 nitrogen and oxygen atoms in total. The summed E-state index contributed by atoms with van der Waals surface area (Å²) < 4.78 is 5.46. The van der Waals surface area contributed by atoms with Crippen molar-refractivity contribution >= 4 is 28.5 Å². The van der Waals surface area contributed by atoms with Gasteiger partial charge in [-0.15, -0.1) is 0 Å². The third kappa shape index (κ3) is 2.13. The Kier molecular flexibility index (Phi) is 2.64. The van der Waals surface area contributed by atoms with E-state index in [1.807, 2.05) is 0 Å². The molecular formula is C12H6ClN3O3. The second kappa shape index (κ2) is 4.33. The summed E-state index contributed by atoms with van der Waals surface area (Å²) in [4.78, 5) is 18.3. The van der Waals surface area contributed by atoms with Gasteiger partial charge in [0.15, 0.2) is 0 Å². The van der Waals surface area contributed by atoms with Crippen LogP contribution in [0.4, 0.5) is 5.69 Å². The molecule has 0 spiro atoms. The lowest BCUT2D eigenvalue weighted by molar-refractivity contribution is -0.384. The SMILES string of the molecule is O=[N+]([O-])c1ccc(-c2nc3ccc(Cl)nc3o2)cc1. The van der Waals surface area contributed by atoms with Crippen molar-refractivity contribution in [3.05, 3.63) is 51.7 Å². The quantitative estimate of drug-likeness (QED) is 0.406. The van der Waals surface area contributed by atoms with Crippen LogP contribution in [0.15, 0.2) is 40.8 Å². The number of fused-ring (bicyclic) bond motifs is 1. The van der Waals surface area contributed by atoms with E-state index in [0.29, 0.717) is 27.8 Å². The van der Waals surface area contributed by atoms with E-state index >= 15 is 0 Å². The number of nitrogens with zero attached hydrogens (tertiary/aromatic N) is 3. The molecule has 0 aliphatic carbocycles. The molecule has 0 aliphatic heterocycles. The van der Waals surface area contributed by atoms with Gasteiger partial charge < -0.3 is 4.42 Å². The molecule has 0 atom stereocenters. The fourth-order valence-corrected chi connectivity index (χ4v) is 1.78. The van der Waals surface area contributed by atoms with Gasteiger partial charge in [-0.2, -0.15) is 4.98 Å². The molecule has 0 N–H and O–H groups in total. The van der Waals surface area contributed by atoms with Crippen molar-refractivity contribution in [1.82, 2.24) is 9.97 Å². The van der Waals surface area contributed by atoms with Crippen LogP contribution in [-0.4, -0.2) is 14.9 Å². The third-order valence-electron chi connectivity index (χ3n) is 2.55. The number of oxazole rings is 1. The number of non-ortho nitro benzene ring substituents is 1. The van der Waals surface area contributed by atoms with Crippen LogP contribution in [0.1, 0.15) is 0 Å². The lowest BCUT2D eigenvalue weighted by atomic mass is 10.2. The molecule has 0 aliphatic rings. The van der Waals surface area contributed by atoms with Crippen molar-refractivity contribution in [2.24, 2.45) is 0 Å². The molecule has 0 radical (unpaired) electrons. The Labute approximate surface area is 111 Å². The summed E-state index contributed by atoms with van der Waals surface area (Å²) in [6, 6.07) is 9.25. The molecule has 0 fully saturated rings. The van der Waals surface area contributed by atoms with E-state index < -0.39 is 4.92 Å². The topological polar surface area (TPSA) is 82.1 Å². The molecule has 7 heteroatoms. The van der Waals surface area contributed by atoms with Crippen molar-refractivity contribution in [3.63, 3.8) is 0 Å². The highest BCUT2D eigenvalue weighted by Crippen LogP contribution is 2.25. The molecule has 19 heavy (non-hydrogen) atoms. The maximum Gasteiger partial charge on any atom is 0.269 e. The smallest absolute Gasteiger partial charge is 0.269 e. The number of nitro groups is 1. The van der Waals surface area contributed by atoms with Crippen LogP contribution in [0, 0.1) is 10.1 Å². The number of pyridine rings is 1. The van der Waals surface area contributed by atoms with Crippen LogP contribution in [0.3, 0.4) is 0 Å². The maximum absolute atomic E-state index is 10.6. The van der Waals surface area contributed by atoms with Gasteiger partial charge in [-0.05, 0) is 24.3 Å². The predicted octanol–water partition coefficient (Wildman–Crippen LogP) is 3.45. The van der Waals surface area contributed by atoms with Crippen LogP contribution < -0.4 is 0 Å². The van der Waals surface area contributed by atoms with E-state index in [1.54, 1.807) is 24.3 Å². The van der Waals surface area contributed by atoms with Gasteiger partial charge >= 0.3 is 0 Å². The molecule has 3 rings (SSSR count). The fourth-order valence-electron chi connectivity index (χ4n) is 1.64. The van der Waals surface area contributed by atoms with Gasteiger partial charge in [-0.25, -0.2) is 4.98 Å². The Hall–Kier alpha value is -2.47. The Morgan fingerprint density at radius 3 is 2.53 bits per heavy atom. The minimum atomic E-state index is -0.461. The number of benzene rings is 1. The van der Waals surface area contributed by atoms with Crippen molar-refractivity contribution in [2.75, 3.05) is 0 Å². The van der Waals surface area contributed by atoms with Gasteiger partial charge in [0.1, 0.15) is 10.7 Å². The highest BCUT2D eigenvalue weighted by atomic mass is 35.5. The van der Waals surface area contributed by atoms with E-state index in [0.717, 1.165) is 0 Å². The summed E-state index contributed by atoms with van der Waals surface area (Å²) in [6.45, 7) is 0. The van der Waals surface area contributed by atoms with Gasteiger partial charge in [-0.1, -0.05) is 11.6 Å². The minimum absolute atomic E-state index is 0.0148. The monoisotopic (exact) mass is 275 g/mol. The second-order valence-electron chi connectivity index (χ2n) is 3.78. The Morgan fingerprint density at radius 1 is 1.11 bits per heavy atom. The molecule has 2 aromatic heterocycles. The van der Waals surface area contributed by atoms with E-state index in [9.17, 15) is 10.1 Å². The van der Waals surface area contributed by atoms with Gasteiger partial charge in [0.25, 0.3) is 5.69 Å². The van der Waals surface area contributed by atoms with Crippen LogP contribution in [0.5, 0.6) is 0 Å². The zero-order valence-electron chi connectivity index (χ0n) is 9.41. The first kappa shape index (κ1) is 11.6. The van der Waals surface area contributed by atoms with E-state index in [1.165, 1.54) is 12.1 Å². The maximum atomic E-state index is 10.6. The number of hydrogen-bond donors (Lipinski definition) is 0. The first-order valence-corrected chi connectivity index (χ1v) is 5.69. The molecule has 0 saturated carbocycles. The molecule has 0 amide bonds. The van der Waals surface area contributed by atoms with Crippen LogP contribution >= 0.6 is 11.6 Å². The van der Waals surface area contributed by atoms with E-state index in [-0.39, 0.29) is 5.69 Å². The van der Waals surface area contributed by atoms with Crippen LogP contribution in [-0.2, 0) is 0 Å². The van der Waals surface area contributed by atoms with E-state index in [2.05, 4.69) is 9.97 Å². The fraction of sp³-hybridized carbons (Fsp3) is 0. The molecule has 0 saturated heterocycles. The standard InChI is InChI=1S/C12H6ClN3O3/c13-10-6-5-9-12(15-10)19-11(14-9)7-1-3-8(4-2-7)16(17)18/h1-6H. The Morgan fingerprint density at radius 2 is 1.84 bits per heavy atom. The van der Waals surface area contributed by atoms with Gasteiger partial charge in [-0.3, -0.25) is 10.1 Å². The Bertz CT molecular complexity index is 767. The van der Waals surface area contributed by atoms with Gasteiger partial charge in [0.2, 0.25) is 11.6 Å². The normalized spacial score (nSPS) is 10.8. The molecule has 94 valence electrons. The molecule has 1 aromatic carbocycles. The molecular weight excluding hydrogens is 270 g/mol. The third-order valence-corrected chi connectivity index (χ3v) is 2.76. The predicted molar refractivity (Wildman–Crippen MR) is 68.9 cm³/mol. The van der Waals surface area contributed by atoms with Crippen molar-refractivity contribution in [2.45, 2.75) is 0 Å². The number of halogens is 1. The summed E-state index contributed by atoms with van der Waals surface area (Å²) in [5, 5.41) is 10.9. The molecule has 3 aromatic rings. The van der Waals surface area contributed by atoms with E-state index in [4.69, 9.17) is 16.0 Å². The second-order valence-corrected chi connectivity index (χ2v) is 4.17. The lowest BCUT2D eigenvalue weighted by Crippen LogP contribution is -1.87. The number of hydrogen-bond acceptors (Lipinski definition) is 5. The first-order valence-electron chi connectivity index (χ1n) is 5.31. The summed E-state index contributed by atoms with van der Waals surface area (Å²) in [6.07, 6.45) is 0. The molecule has 0 unspecified atom stereocenters. The highest BCUT2D eigenvalue weighted by Gasteiger charge is 2.11. The summed E-state index contributed by atoms with van der Waals surface area (Å²) in [5.74, 6) is 0.347. The number of aromatic nitrogens is 2. The van der Waals surface area contributed by atoms with Gasteiger partial charge in [0, 0.05) is 17.7 Å². The summed E-state index contributed by atoms with van der Waals surface area (Å²) >= 11 is 5.76. The summed E-state index contributed by atoms with van der Waals surface area (Å²) in [5.41, 5.74) is 1.57. The average molecular weight is 276 g/mol. The molecule has 2 heterocycles. The average Bonchev–Trinajstić information content (AvgIpc) is 2.81. The van der Waals surface area contributed by atoms with Gasteiger partial charge in [0.05, 0.1) is 4.92 Å². The number of nitro benzene ring substituents is 1. The van der Waals surface area contributed by atoms with Crippen molar-refractivity contribution in [3.8, 4) is 11.5 Å². The Balaban J connectivity index is 2.06. The zero-order chi connectivity index (χ0) is 13.4. The number of rotatable bonds is 2. The largest absolute Gasteiger partial charge is 0.418 e. The molecule has 0 bridgehead atoms. The van der Waals surface area contributed by atoms with Crippen LogP contribution in [0.2, 0.25) is 5.15 Å². The van der Waals surface area contributed by atoms with Crippen molar-refractivity contribution in [1.29, 1.82) is 0 Å². The lowest BCUT2D eigenvalue weighted by Gasteiger charge is -1.94. The summed E-state index contributed by atoms with van der Waals surface area (Å²) in [7, 11) is 0. The highest BCUT2D eigenvalue weighted by molar-refractivity contribution is 6.29.